The van der Waals surface area contributed by atoms with Crippen LogP contribution in [0.25, 0.3) is 0 Å². The summed E-state index contributed by atoms with van der Waals surface area (Å²) in [6.07, 6.45) is -0.134. The van der Waals surface area contributed by atoms with Crippen LogP contribution in [0.3, 0.4) is 0 Å². The molecule has 0 fully saturated rings. The number of hydrogen-bond donors (Lipinski definition) is 0. The molecule has 8 heteroatoms. The van der Waals surface area contributed by atoms with Crippen molar-refractivity contribution >= 4 is 23.2 Å². The van der Waals surface area contributed by atoms with E-state index in [0.29, 0.717) is 17.2 Å². The summed E-state index contributed by atoms with van der Waals surface area (Å²) in [4.78, 5) is 20.0. The molecule has 164 valence electrons. The van der Waals surface area contributed by atoms with Gasteiger partial charge in [0.2, 0.25) is 0 Å². The maximum absolute atomic E-state index is 14.3. The van der Waals surface area contributed by atoms with Crippen LogP contribution in [0.5, 0.6) is 0 Å². The Kier molecular flexibility index (Phi) is 6.46. The van der Waals surface area contributed by atoms with E-state index in [1.165, 1.54) is 29.2 Å². The fourth-order valence-corrected chi connectivity index (χ4v) is 3.75. The van der Waals surface area contributed by atoms with Crippen LogP contribution in [0.2, 0.25) is 5.02 Å². The van der Waals surface area contributed by atoms with Gasteiger partial charge in [-0.1, -0.05) is 47.1 Å². The number of amides is 1. The van der Waals surface area contributed by atoms with Crippen LogP contribution in [0.15, 0.2) is 71.9 Å². The highest BCUT2D eigenvalue weighted by Crippen LogP contribution is 2.24. The molecule has 1 aliphatic heterocycles. The van der Waals surface area contributed by atoms with Crippen molar-refractivity contribution in [2.45, 2.75) is 19.1 Å². The number of carbonyl (C=O) groups excluding carboxylic acids is 1. The van der Waals surface area contributed by atoms with Gasteiger partial charge in [-0.05, 0) is 30.3 Å². The molecule has 4 nitrogen and oxygen atoms in total. The second-order valence-corrected chi connectivity index (χ2v) is 7.79. The quantitative estimate of drug-likeness (QED) is 0.483. The zero-order chi connectivity index (χ0) is 22.7. The summed E-state index contributed by atoms with van der Waals surface area (Å²) < 4.78 is 41.3. The molecule has 1 atom stereocenters. The molecule has 0 bridgehead atoms. The van der Waals surface area contributed by atoms with Crippen molar-refractivity contribution in [1.29, 1.82) is 0 Å². The summed E-state index contributed by atoms with van der Waals surface area (Å²) in [6.45, 7) is -0.0909. The first-order valence-electron chi connectivity index (χ1n) is 9.87. The smallest absolute Gasteiger partial charge is 0.254 e. The molecule has 0 N–H and O–H groups in total. The number of halogens is 4. The van der Waals surface area contributed by atoms with Gasteiger partial charge in [0.05, 0.1) is 12.3 Å². The van der Waals surface area contributed by atoms with Crippen molar-refractivity contribution < 1.29 is 22.8 Å². The lowest BCUT2D eigenvalue weighted by Gasteiger charge is -2.25. The molecule has 32 heavy (non-hydrogen) atoms. The van der Waals surface area contributed by atoms with E-state index >= 15 is 0 Å². The van der Waals surface area contributed by atoms with Crippen LogP contribution < -0.4 is 0 Å². The maximum atomic E-state index is 14.3. The molecular formula is C24H18ClF3N2O2. The Morgan fingerprint density at radius 1 is 1.03 bits per heavy atom. The molecule has 4 rings (SSSR count). The number of carbonyl (C=O) groups is 1. The van der Waals surface area contributed by atoms with Crippen molar-refractivity contribution in [2.75, 3.05) is 6.54 Å². The van der Waals surface area contributed by atoms with Crippen molar-refractivity contribution in [3.8, 4) is 0 Å². The highest BCUT2D eigenvalue weighted by Gasteiger charge is 2.28. The van der Waals surface area contributed by atoms with Gasteiger partial charge in [0, 0.05) is 40.7 Å². The topological polar surface area (TPSA) is 41.9 Å². The number of hydrogen-bond acceptors (Lipinski definition) is 3. The standard InChI is InChI=1S/C24H18ClF3N2O2/c25-21-7-2-1-6-20(21)23-12-19(32-29-23)14-30(13-16-8-9-18(27)11-22(16)28)24(31)15-4-3-5-17(26)10-15/h1-11,19H,12-14H2/t19-/m1/s1. The van der Waals surface area contributed by atoms with Crippen LogP contribution in [-0.2, 0) is 11.4 Å². The first-order valence-corrected chi connectivity index (χ1v) is 10.2. The molecule has 0 saturated heterocycles. The summed E-state index contributed by atoms with van der Waals surface area (Å²) in [5, 5.41) is 4.62. The Bertz CT molecular complexity index is 1190. The summed E-state index contributed by atoms with van der Waals surface area (Å²) >= 11 is 6.23. The van der Waals surface area contributed by atoms with Gasteiger partial charge in [-0.3, -0.25) is 4.79 Å². The van der Waals surface area contributed by atoms with E-state index in [9.17, 15) is 18.0 Å². The lowest BCUT2D eigenvalue weighted by Crippen LogP contribution is -2.37. The average Bonchev–Trinajstić information content (AvgIpc) is 3.23. The molecule has 3 aromatic rings. The molecule has 0 spiro atoms. The molecule has 0 unspecified atom stereocenters. The van der Waals surface area contributed by atoms with Gasteiger partial charge in [0.1, 0.15) is 17.5 Å². The van der Waals surface area contributed by atoms with Gasteiger partial charge in [0.15, 0.2) is 6.10 Å². The largest absolute Gasteiger partial charge is 0.390 e. The minimum atomic E-state index is -0.776. The van der Waals surface area contributed by atoms with E-state index in [-0.39, 0.29) is 24.2 Å². The lowest BCUT2D eigenvalue weighted by atomic mass is 10.0. The normalized spacial score (nSPS) is 15.2. The Morgan fingerprint density at radius 2 is 1.81 bits per heavy atom. The van der Waals surface area contributed by atoms with Gasteiger partial charge >= 0.3 is 0 Å². The highest BCUT2D eigenvalue weighted by molar-refractivity contribution is 6.34. The minimum Gasteiger partial charge on any atom is -0.390 e. The Hall–Kier alpha value is -3.32. The fraction of sp³-hybridized carbons (Fsp3) is 0.167. The van der Waals surface area contributed by atoms with Crippen molar-refractivity contribution in [3.05, 3.63) is 106 Å². The Labute approximate surface area is 187 Å². The molecular weight excluding hydrogens is 441 g/mol. The molecule has 0 radical (unpaired) electrons. The number of oxime groups is 1. The summed E-state index contributed by atoms with van der Waals surface area (Å²) in [5.41, 5.74) is 1.59. The van der Waals surface area contributed by atoms with E-state index in [1.54, 1.807) is 12.1 Å². The molecule has 1 heterocycles. The molecule has 0 saturated carbocycles. The van der Waals surface area contributed by atoms with Gasteiger partial charge in [0.25, 0.3) is 5.91 Å². The van der Waals surface area contributed by atoms with Crippen molar-refractivity contribution in [2.24, 2.45) is 5.16 Å². The van der Waals surface area contributed by atoms with Crippen LogP contribution in [0.1, 0.15) is 27.9 Å². The second-order valence-electron chi connectivity index (χ2n) is 7.38. The number of benzene rings is 3. The Balaban J connectivity index is 1.55. The van der Waals surface area contributed by atoms with E-state index < -0.39 is 29.5 Å². The summed E-state index contributed by atoms with van der Waals surface area (Å²) in [6, 6.07) is 15.6. The minimum absolute atomic E-state index is 0.0591. The third kappa shape index (κ3) is 4.94. The van der Waals surface area contributed by atoms with Gasteiger partial charge in [-0.15, -0.1) is 0 Å². The van der Waals surface area contributed by atoms with Crippen LogP contribution in [0, 0.1) is 17.5 Å². The summed E-state index contributed by atoms with van der Waals surface area (Å²) in [5.74, 6) is -2.57. The molecule has 3 aromatic carbocycles. The van der Waals surface area contributed by atoms with Crippen LogP contribution in [0.4, 0.5) is 13.2 Å². The van der Waals surface area contributed by atoms with E-state index in [4.69, 9.17) is 16.4 Å². The SMILES string of the molecule is O=C(c1cccc(F)c1)N(Cc1ccc(F)cc1F)C[C@H]1CC(c2ccccc2Cl)=NO1. The van der Waals surface area contributed by atoms with Gasteiger partial charge in [-0.25, -0.2) is 13.2 Å². The first kappa shape index (κ1) is 21.9. The molecule has 1 amide bonds. The predicted molar refractivity (Wildman–Crippen MR) is 115 cm³/mol. The highest BCUT2D eigenvalue weighted by atomic mass is 35.5. The summed E-state index contributed by atoms with van der Waals surface area (Å²) in [7, 11) is 0. The van der Waals surface area contributed by atoms with E-state index in [0.717, 1.165) is 23.8 Å². The molecule has 0 aliphatic carbocycles. The van der Waals surface area contributed by atoms with E-state index in [1.807, 2.05) is 12.1 Å². The zero-order valence-electron chi connectivity index (χ0n) is 16.8. The molecule has 0 aromatic heterocycles. The monoisotopic (exact) mass is 458 g/mol. The third-order valence-corrected chi connectivity index (χ3v) is 5.41. The number of rotatable bonds is 6. The average molecular weight is 459 g/mol. The number of nitrogens with zero attached hydrogens (tertiary/aromatic N) is 2. The van der Waals surface area contributed by atoms with Gasteiger partial charge in [-0.2, -0.15) is 0 Å². The maximum Gasteiger partial charge on any atom is 0.254 e. The van der Waals surface area contributed by atoms with Crippen LogP contribution in [-0.4, -0.2) is 29.2 Å². The van der Waals surface area contributed by atoms with Gasteiger partial charge < -0.3 is 9.74 Å². The lowest BCUT2D eigenvalue weighted by molar-refractivity contribution is 0.0402. The predicted octanol–water partition coefficient (Wildman–Crippen LogP) is 5.59. The third-order valence-electron chi connectivity index (χ3n) is 5.08. The second kappa shape index (κ2) is 9.44. The van der Waals surface area contributed by atoms with Crippen LogP contribution >= 0.6 is 11.6 Å². The first-order chi connectivity index (χ1) is 15.4. The zero-order valence-corrected chi connectivity index (χ0v) is 17.5. The fourth-order valence-electron chi connectivity index (χ4n) is 3.51. The van der Waals surface area contributed by atoms with Crippen molar-refractivity contribution in [3.63, 3.8) is 0 Å². The Morgan fingerprint density at radius 3 is 2.56 bits per heavy atom. The van der Waals surface area contributed by atoms with Crippen molar-refractivity contribution in [1.82, 2.24) is 4.90 Å². The molecule has 1 aliphatic rings. The van der Waals surface area contributed by atoms with E-state index in [2.05, 4.69) is 5.16 Å².